The summed E-state index contributed by atoms with van der Waals surface area (Å²) in [5.74, 6) is 1.47. The molecule has 2 aromatic carbocycles. The van der Waals surface area contributed by atoms with Crippen molar-refractivity contribution in [3.8, 4) is 11.5 Å². The molecule has 1 fully saturated rings. The van der Waals surface area contributed by atoms with E-state index in [9.17, 15) is 9.59 Å². The third kappa shape index (κ3) is 4.84. The van der Waals surface area contributed by atoms with Crippen molar-refractivity contribution in [1.82, 2.24) is 15.1 Å². The van der Waals surface area contributed by atoms with Gasteiger partial charge in [0.05, 0.1) is 18.4 Å². The minimum Gasteiger partial charge on any atom is -0.454 e. The van der Waals surface area contributed by atoms with E-state index in [1.54, 1.807) is 12.3 Å². The zero-order valence-corrected chi connectivity index (χ0v) is 18.3. The van der Waals surface area contributed by atoms with Crippen LogP contribution in [0.15, 0.2) is 65.6 Å². The van der Waals surface area contributed by atoms with Crippen LogP contribution in [0.2, 0.25) is 0 Å². The number of hydrogen-bond acceptors (Lipinski definition) is 6. The summed E-state index contributed by atoms with van der Waals surface area (Å²) in [5.41, 5.74) is 2.70. The second-order valence-corrected chi connectivity index (χ2v) is 8.36. The van der Waals surface area contributed by atoms with Crippen LogP contribution in [-0.4, -0.2) is 35.6 Å². The lowest BCUT2D eigenvalue weighted by Gasteiger charge is -2.32. The topological polar surface area (TPSA) is 85.7 Å². The molecule has 2 aliphatic heterocycles. The lowest BCUT2D eigenvalue weighted by Crippen LogP contribution is -2.41. The Labute approximate surface area is 191 Å². The number of amides is 1. The number of hydrogen-bond donors (Lipinski definition) is 1. The summed E-state index contributed by atoms with van der Waals surface area (Å²) in [6.07, 6.45) is 3.21. The largest absolute Gasteiger partial charge is 0.454 e. The smallest absolute Gasteiger partial charge is 0.269 e. The Morgan fingerprint density at radius 3 is 2.58 bits per heavy atom. The second kappa shape index (κ2) is 9.36. The number of anilines is 1. The van der Waals surface area contributed by atoms with Crippen molar-refractivity contribution in [3.05, 3.63) is 82.3 Å². The van der Waals surface area contributed by atoms with E-state index in [1.165, 1.54) is 4.68 Å². The van der Waals surface area contributed by atoms with Crippen molar-refractivity contribution >= 4 is 11.6 Å². The molecule has 170 valence electrons. The fraction of sp³-hybridized carbons (Fsp3) is 0.320. The van der Waals surface area contributed by atoms with Gasteiger partial charge in [-0.3, -0.25) is 9.59 Å². The summed E-state index contributed by atoms with van der Waals surface area (Å²) in [4.78, 5) is 27.3. The zero-order chi connectivity index (χ0) is 22.6. The molecular weight excluding hydrogens is 420 g/mol. The molecule has 2 aliphatic rings. The van der Waals surface area contributed by atoms with Crippen LogP contribution in [-0.2, 0) is 17.9 Å². The van der Waals surface area contributed by atoms with E-state index in [0.29, 0.717) is 31.9 Å². The third-order valence-electron chi connectivity index (χ3n) is 6.16. The Morgan fingerprint density at radius 1 is 1.00 bits per heavy atom. The van der Waals surface area contributed by atoms with Gasteiger partial charge in [-0.15, -0.1) is 0 Å². The van der Waals surface area contributed by atoms with Crippen molar-refractivity contribution in [2.24, 2.45) is 5.92 Å². The summed E-state index contributed by atoms with van der Waals surface area (Å²) in [5, 5.41) is 7.39. The van der Waals surface area contributed by atoms with Gasteiger partial charge >= 0.3 is 0 Å². The molecule has 0 unspecified atom stereocenters. The van der Waals surface area contributed by atoms with Crippen LogP contribution < -0.4 is 25.2 Å². The molecule has 5 rings (SSSR count). The molecule has 0 radical (unpaired) electrons. The average Bonchev–Trinajstić information content (AvgIpc) is 3.32. The minimum atomic E-state index is -0.125. The lowest BCUT2D eigenvalue weighted by atomic mass is 9.95. The molecule has 0 saturated carbocycles. The summed E-state index contributed by atoms with van der Waals surface area (Å²) in [6.45, 7) is 2.57. The first-order valence-electron chi connectivity index (χ1n) is 11.2. The number of benzene rings is 2. The SMILES string of the molecule is O=C(NCc1ccc2c(c1)OCO2)C1CCN(c2cnn(Cc3ccccc3)c(=O)c2)CC1. The average molecular weight is 447 g/mol. The van der Waals surface area contributed by atoms with E-state index in [-0.39, 0.29) is 24.2 Å². The quantitative estimate of drug-likeness (QED) is 0.626. The van der Waals surface area contributed by atoms with Gasteiger partial charge in [0.25, 0.3) is 5.56 Å². The normalized spacial score (nSPS) is 15.5. The van der Waals surface area contributed by atoms with Gasteiger partial charge in [0.2, 0.25) is 12.7 Å². The molecule has 0 bridgehead atoms. The minimum absolute atomic E-state index is 0.0401. The van der Waals surface area contributed by atoms with Gasteiger partial charge in [-0.1, -0.05) is 36.4 Å². The Bertz CT molecular complexity index is 1190. The van der Waals surface area contributed by atoms with Gasteiger partial charge in [0.1, 0.15) is 0 Å². The number of rotatable bonds is 6. The fourth-order valence-corrected chi connectivity index (χ4v) is 4.26. The van der Waals surface area contributed by atoms with Crippen molar-refractivity contribution in [2.75, 3.05) is 24.8 Å². The number of piperidine rings is 1. The summed E-state index contributed by atoms with van der Waals surface area (Å²) < 4.78 is 12.2. The predicted octanol–water partition coefficient (Wildman–Crippen LogP) is 2.55. The first-order chi connectivity index (χ1) is 16.2. The highest BCUT2D eigenvalue weighted by molar-refractivity contribution is 5.79. The molecule has 8 heteroatoms. The van der Waals surface area contributed by atoms with Crippen LogP contribution in [0.25, 0.3) is 0 Å². The Kier molecular flexibility index (Phi) is 5.97. The number of nitrogens with zero attached hydrogens (tertiary/aromatic N) is 3. The van der Waals surface area contributed by atoms with E-state index in [0.717, 1.165) is 35.4 Å². The summed E-state index contributed by atoms with van der Waals surface area (Å²) in [6, 6.07) is 17.1. The molecule has 3 aromatic rings. The van der Waals surface area contributed by atoms with Crippen molar-refractivity contribution in [3.63, 3.8) is 0 Å². The van der Waals surface area contributed by atoms with Gasteiger partial charge in [-0.25, -0.2) is 4.68 Å². The molecule has 3 heterocycles. The summed E-state index contributed by atoms with van der Waals surface area (Å²) in [7, 11) is 0. The molecule has 33 heavy (non-hydrogen) atoms. The van der Waals surface area contributed by atoms with Gasteiger partial charge in [-0.05, 0) is 36.1 Å². The number of fused-ring (bicyclic) bond motifs is 1. The van der Waals surface area contributed by atoms with E-state index in [2.05, 4.69) is 15.3 Å². The maximum Gasteiger partial charge on any atom is 0.269 e. The monoisotopic (exact) mass is 446 g/mol. The lowest BCUT2D eigenvalue weighted by molar-refractivity contribution is -0.125. The van der Waals surface area contributed by atoms with E-state index in [4.69, 9.17) is 9.47 Å². The highest BCUT2D eigenvalue weighted by Crippen LogP contribution is 2.32. The Hall–Kier alpha value is -3.81. The number of carbonyl (C=O) groups excluding carboxylic acids is 1. The molecule has 1 amide bonds. The van der Waals surface area contributed by atoms with Crippen molar-refractivity contribution < 1.29 is 14.3 Å². The standard InChI is InChI=1S/C25H26N4O4/c30-24-13-21(15-27-29(24)16-18-4-2-1-3-5-18)28-10-8-20(9-11-28)25(31)26-14-19-6-7-22-23(12-19)33-17-32-22/h1-7,12-13,15,20H,8-11,14,16-17H2,(H,26,31). The highest BCUT2D eigenvalue weighted by atomic mass is 16.7. The fourth-order valence-electron chi connectivity index (χ4n) is 4.26. The maximum absolute atomic E-state index is 12.7. The van der Waals surface area contributed by atoms with Crippen LogP contribution in [0, 0.1) is 5.92 Å². The Morgan fingerprint density at radius 2 is 1.79 bits per heavy atom. The number of ether oxygens (including phenoxy) is 2. The van der Waals surface area contributed by atoms with Gasteiger partial charge in [0, 0.05) is 31.6 Å². The molecule has 1 N–H and O–H groups in total. The predicted molar refractivity (Wildman–Crippen MR) is 123 cm³/mol. The molecular formula is C25H26N4O4. The second-order valence-electron chi connectivity index (χ2n) is 8.36. The zero-order valence-electron chi connectivity index (χ0n) is 18.3. The van der Waals surface area contributed by atoms with Crippen LogP contribution in [0.1, 0.15) is 24.0 Å². The molecule has 1 aromatic heterocycles. The number of nitrogens with one attached hydrogen (secondary N) is 1. The van der Waals surface area contributed by atoms with Crippen molar-refractivity contribution in [1.29, 1.82) is 0 Å². The van der Waals surface area contributed by atoms with Crippen LogP contribution in [0.4, 0.5) is 5.69 Å². The van der Waals surface area contributed by atoms with Gasteiger partial charge < -0.3 is 19.7 Å². The van der Waals surface area contributed by atoms with E-state index >= 15 is 0 Å². The molecule has 0 atom stereocenters. The van der Waals surface area contributed by atoms with Gasteiger partial charge in [-0.2, -0.15) is 5.10 Å². The van der Waals surface area contributed by atoms with Crippen LogP contribution in [0.3, 0.4) is 0 Å². The third-order valence-corrected chi connectivity index (χ3v) is 6.16. The number of carbonyl (C=O) groups is 1. The number of aromatic nitrogens is 2. The molecule has 0 aliphatic carbocycles. The van der Waals surface area contributed by atoms with Crippen LogP contribution in [0.5, 0.6) is 11.5 Å². The van der Waals surface area contributed by atoms with E-state index < -0.39 is 0 Å². The first-order valence-corrected chi connectivity index (χ1v) is 11.2. The highest BCUT2D eigenvalue weighted by Gasteiger charge is 2.25. The van der Waals surface area contributed by atoms with Gasteiger partial charge in [0.15, 0.2) is 11.5 Å². The van der Waals surface area contributed by atoms with E-state index in [1.807, 2.05) is 48.5 Å². The Balaban J connectivity index is 1.13. The molecule has 1 saturated heterocycles. The molecule has 0 spiro atoms. The summed E-state index contributed by atoms with van der Waals surface area (Å²) >= 11 is 0. The van der Waals surface area contributed by atoms with Crippen molar-refractivity contribution in [2.45, 2.75) is 25.9 Å². The molecule has 8 nitrogen and oxygen atoms in total. The maximum atomic E-state index is 12.7. The first kappa shape index (κ1) is 21.1. The van der Waals surface area contributed by atoms with Crippen LogP contribution >= 0.6 is 0 Å².